The predicted octanol–water partition coefficient (Wildman–Crippen LogP) is 1.26. The quantitative estimate of drug-likeness (QED) is 0.692. The van der Waals surface area contributed by atoms with Crippen LogP contribution in [0.3, 0.4) is 0 Å². The lowest BCUT2D eigenvalue weighted by atomic mass is 10.1. The minimum absolute atomic E-state index is 0.0408. The van der Waals surface area contributed by atoms with Crippen LogP contribution < -0.4 is 0 Å². The number of aryl methyl sites for hydroxylation is 2. The maximum Gasteiger partial charge on any atom is 0.344 e. The zero-order valence-electron chi connectivity index (χ0n) is 14.9. The van der Waals surface area contributed by atoms with E-state index >= 15 is 0 Å². The maximum atomic E-state index is 12.6. The van der Waals surface area contributed by atoms with E-state index < -0.39 is 28.3 Å². The molecule has 8 nitrogen and oxygen atoms in total. The molecule has 1 aromatic rings. The summed E-state index contributed by atoms with van der Waals surface area (Å²) < 4.78 is 33.5. The number of sulfone groups is 1. The van der Waals surface area contributed by atoms with E-state index in [4.69, 9.17) is 9.26 Å². The van der Waals surface area contributed by atoms with Gasteiger partial charge in [0.15, 0.2) is 16.4 Å². The first-order valence-corrected chi connectivity index (χ1v) is 10.1. The molecule has 1 saturated heterocycles. The monoisotopic (exact) mass is 372 g/mol. The van der Waals surface area contributed by atoms with E-state index in [1.807, 2.05) is 13.8 Å². The Kier molecular flexibility index (Phi) is 5.87. The Morgan fingerprint density at radius 1 is 1.40 bits per heavy atom. The average Bonchev–Trinajstić information content (AvgIpc) is 3.06. The third-order valence-corrected chi connectivity index (χ3v) is 6.27. The molecule has 1 aliphatic heterocycles. The summed E-state index contributed by atoms with van der Waals surface area (Å²) in [6, 6.07) is -0.506. The van der Waals surface area contributed by atoms with Crippen molar-refractivity contribution in [3.63, 3.8) is 0 Å². The van der Waals surface area contributed by atoms with Gasteiger partial charge in [-0.1, -0.05) is 12.1 Å². The summed E-state index contributed by atoms with van der Waals surface area (Å²) in [4.78, 5) is 26.3. The van der Waals surface area contributed by atoms with Crippen LogP contribution in [0.2, 0.25) is 0 Å². The number of ether oxygens (including phenoxy) is 1. The van der Waals surface area contributed by atoms with Crippen molar-refractivity contribution in [2.75, 3.05) is 18.1 Å². The van der Waals surface area contributed by atoms with Crippen molar-refractivity contribution in [1.82, 2.24) is 10.1 Å². The molecule has 0 spiro atoms. The Hall–Kier alpha value is -1.90. The fourth-order valence-corrected chi connectivity index (χ4v) is 4.76. The zero-order valence-corrected chi connectivity index (χ0v) is 15.8. The predicted molar refractivity (Wildman–Crippen MR) is 89.9 cm³/mol. The molecule has 1 aromatic heterocycles. The van der Waals surface area contributed by atoms with Crippen LogP contribution in [0.4, 0.5) is 0 Å². The van der Waals surface area contributed by atoms with Crippen LogP contribution >= 0.6 is 0 Å². The Morgan fingerprint density at radius 3 is 2.56 bits per heavy atom. The summed E-state index contributed by atoms with van der Waals surface area (Å²) in [5.74, 6) is -0.697. The second-order valence-corrected chi connectivity index (χ2v) is 8.62. The number of amides is 1. The van der Waals surface area contributed by atoms with Crippen LogP contribution in [0.15, 0.2) is 4.52 Å². The summed E-state index contributed by atoms with van der Waals surface area (Å²) >= 11 is 0. The van der Waals surface area contributed by atoms with E-state index in [0.717, 1.165) is 0 Å². The molecular formula is C16H24N2O6S. The fraction of sp³-hybridized carbons (Fsp3) is 0.688. The average molecular weight is 372 g/mol. The molecule has 2 rings (SSSR count). The molecule has 1 fully saturated rings. The van der Waals surface area contributed by atoms with Gasteiger partial charge in [-0.2, -0.15) is 0 Å². The van der Waals surface area contributed by atoms with E-state index in [1.165, 1.54) is 0 Å². The van der Waals surface area contributed by atoms with Gasteiger partial charge in [0.05, 0.1) is 17.2 Å². The molecule has 9 heteroatoms. The van der Waals surface area contributed by atoms with Gasteiger partial charge in [-0.3, -0.25) is 4.79 Å². The van der Waals surface area contributed by atoms with Crippen LogP contribution in [0.25, 0.3) is 0 Å². The van der Waals surface area contributed by atoms with Crippen molar-refractivity contribution in [2.24, 2.45) is 0 Å². The summed E-state index contributed by atoms with van der Waals surface area (Å²) in [5.41, 5.74) is 0.613. The van der Waals surface area contributed by atoms with Gasteiger partial charge in [-0.05, 0) is 33.6 Å². The van der Waals surface area contributed by atoms with E-state index in [0.29, 0.717) is 24.3 Å². The van der Waals surface area contributed by atoms with Crippen molar-refractivity contribution >= 4 is 21.7 Å². The summed E-state index contributed by atoms with van der Waals surface area (Å²) in [5, 5.41) is 3.68. The molecule has 0 radical (unpaired) electrons. The maximum absolute atomic E-state index is 12.6. The van der Waals surface area contributed by atoms with Crippen LogP contribution in [0.1, 0.15) is 48.5 Å². The molecule has 0 bridgehead atoms. The number of nitrogens with zero attached hydrogens (tertiary/aromatic N) is 2. The van der Waals surface area contributed by atoms with E-state index in [9.17, 15) is 18.0 Å². The first kappa shape index (κ1) is 19.4. The minimum atomic E-state index is -3.12. The second kappa shape index (κ2) is 7.55. The summed E-state index contributed by atoms with van der Waals surface area (Å²) in [6.07, 6.45) is 1.09. The van der Waals surface area contributed by atoms with Crippen molar-refractivity contribution in [1.29, 1.82) is 0 Å². The van der Waals surface area contributed by atoms with Gasteiger partial charge in [0.1, 0.15) is 11.3 Å². The highest BCUT2D eigenvalue weighted by Gasteiger charge is 2.37. The molecule has 25 heavy (non-hydrogen) atoms. The van der Waals surface area contributed by atoms with Gasteiger partial charge < -0.3 is 14.2 Å². The number of esters is 1. The van der Waals surface area contributed by atoms with Gasteiger partial charge >= 0.3 is 5.97 Å². The number of aromatic nitrogens is 1. The summed E-state index contributed by atoms with van der Waals surface area (Å²) in [7, 11) is -3.12. The highest BCUT2D eigenvalue weighted by Crippen LogP contribution is 2.22. The third kappa shape index (κ3) is 4.39. The van der Waals surface area contributed by atoms with E-state index in [1.54, 1.807) is 18.7 Å². The van der Waals surface area contributed by atoms with Crippen LogP contribution in [-0.2, 0) is 19.4 Å². The largest absolute Gasteiger partial charge is 0.452 e. The molecule has 2 atom stereocenters. The molecule has 140 valence electrons. The number of hydrogen-bond donors (Lipinski definition) is 0. The van der Waals surface area contributed by atoms with Crippen LogP contribution in [-0.4, -0.2) is 60.5 Å². The topological polar surface area (TPSA) is 107 Å². The lowest BCUT2D eigenvalue weighted by Crippen LogP contribution is -2.48. The lowest BCUT2D eigenvalue weighted by molar-refractivity contribution is -0.138. The van der Waals surface area contributed by atoms with Gasteiger partial charge in [-0.15, -0.1) is 0 Å². The van der Waals surface area contributed by atoms with Crippen molar-refractivity contribution < 1.29 is 27.3 Å². The smallest absolute Gasteiger partial charge is 0.344 e. The fourth-order valence-electron chi connectivity index (χ4n) is 3.05. The zero-order chi connectivity index (χ0) is 18.8. The minimum Gasteiger partial charge on any atom is -0.452 e. The Morgan fingerprint density at radius 2 is 2.08 bits per heavy atom. The molecular weight excluding hydrogens is 348 g/mol. The van der Waals surface area contributed by atoms with Crippen molar-refractivity contribution in [3.05, 3.63) is 17.0 Å². The molecule has 0 N–H and O–H groups in total. The molecule has 1 amide bonds. The highest BCUT2D eigenvalue weighted by molar-refractivity contribution is 7.91. The highest BCUT2D eigenvalue weighted by atomic mass is 32.2. The standard InChI is InChI=1S/C16H24N2O6S/c1-5-10(2)18(13-6-7-25(21,22)9-13)14(19)8-23-16(20)15-11(3)17-24-12(15)4/h10,13H,5-9H2,1-4H3/t10-,13-/m0/s1. The van der Waals surface area contributed by atoms with Crippen LogP contribution in [0, 0.1) is 13.8 Å². The Bertz CT molecular complexity index is 735. The van der Waals surface area contributed by atoms with E-state index in [2.05, 4.69) is 5.16 Å². The second-order valence-electron chi connectivity index (χ2n) is 6.39. The number of carbonyl (C=O) groups excluding carboxylic acids is 2. The molecule has 0 saturated carbocycles. The Labute approximate surface area is 147 Å². The molecule has 0 aromatic carbocycles. The van der Waals surface area contributed by atoms with Crippen LogP contribution in [0.5, 0.6) is 0 Å². The van der Waals surface area contributed by atoms with Gasteiger partial charge in [-0.25, -0.2) is 13.2 Å². The Balaban J connectivity index is 2.06. The number of carbonyl (C=O) groups is 2. The molecule has 1 aliphatic rings. The van der Waals surface area contributed by atoms with Crippen molar-refractivity contribution in [2.45, 2.75) is 52.6 Å². The SMILES string of the molecule is CC[C@H](C)N(C(=O)COC(=O)c1c(C)noc1C)[C@H]1CCS(=O)(=O)C1. The lowest BCUT2D eigenvalue weighted by Gasteiger charge is -2.33. The van der Waals surface area contributed by atoms with Gasteiger partial charge in [0.2, 0.25) is 0 Å². The summed E-state index contributed by atoms with van der Waals surface area (Å²) in [6.45, 7) is 6.55. The number of rotatable bonds is 6. The van der Waals surface area contributed by atoms with Gasteiger partial charge in [0, 0.05) is 12.1 Å². The molecule has 0 unspecified atom stereocenters. The van der Waals surface area contributed by atoms with E-state index in [-0.39, 0.29) is 29.2 Å². The molecule has 0 aliphatic carbocycles. The normalized spacial score (nSPS) is 20.2. The van der Waals surface area contributed by atoms with Gasteiger partial charge in [0.25, 0.3) is 5.91 Å². The first-order chi connectivity index (χ1) is 11.7. The van der Waals surface area contributed by atoms with Crippen molar-refractivity contribution in [3.8, 4) is 0 Å². The third-order valence-electron chi connectivity index (χ3n) is 4.52. The number of hydrogen-bond acceptors (Lipinski definition) is 7. The molecule has 2 heterocycles. The first-order valence-electron chi connectivity index (χ1n) is 8.27.